The lowest BCUT2D eigenvalue weighted by molar-refractivity contribution is -0.145. The molecule has 0 radical (unpaired) electrons. The van der Waals surface area contributed by atoms with Crippen LogP contribution in [0.25, 0.3) is 0 Å². The lowest BCUT2D eigenvalue weighted by Crippen LogP contribution is -2.63. The molecule has 0 unspecified atom stereocenters. The van der Waals surface area contributed by atoms with Crippen molar-refractivity contribution in [1.29, 1.82) is 0 Å². The summed E-state index contributed by atoms with van der Waals surface area (Å²) in [6, 6.07) is 8.07. The van der Waals surface area contributed by atoms with Gasteiger partial charge >= 0.3 is 0 Å². The average Bonchev–Trinajstić information content (AvgIpc) is 2.91. The van der Waals surface area contributed by atoms with E-state index in [9.17, 15) is 39.6 Å². The molecule has 0 aliphatic heterocycles. The second kappa shape index (κ2) is 9.47. The maximum atomic E-state index is 15.3. The highest BCUT2D eigenvalue weighted by Crippen LogP contribution is 2.52. The minimum absolute atomic E-state index is 0.205. The number of halogens is 1. The van der Waals surface area contributed by atoms with Crippen molar-refractivity contribution in [1.82, 2.24) is 0 Å². The number of phenols is 1. The number of carbonyl (C=O) groups excluding carboxylic acids is 4. The lowest BCUT2D eigenvalue weighted by atomic mass is 9.59. The van der Waals surface area contributed by atoms with E-state index in [1.165, 1.54) is 0 Å². The summed E-state index contributed by atoms with van der Waals surface area (Å²) in [5.41, 5.74) is 6.27. The van der Waals surface area contributed by atoms with Gasteiger partial charge in [-0.05, 0) is 30.9 Å². The Balaban J connectivity index is 1.51. The van der Waals surface area contributed by atoms with Crippen LogP contribution in [0, 0.1) is 17.7 Å². The molecule has 2 aromatic rings. The van der Waals surface area contributed by atoms with Gasteiger partial charge in [0.05, 0.1) is 23.8 Å². The summed E-state index contributed by atoms with van der Waals surface area (Å²) < 4.78 is 15.3. The number of ketones is 2. The Bertz CT molecular complexity index is 1550. The Labute approximate surface area is 225 Å². The van der Waals surface area contributed by atoms with Crippen LogP contribution >= 0.6 is 0 Å². The second-order valence-corrected chi connectivity index (χ2v) is 9.96. The number of aliphatic hydroxyl groups excluding tert-OH is 2. The number of allylic oxidation sites excluding steroid dienone is 1. The third-order valence-corrected chi connectivity index (χ3v) is 7.70. The number of para-hydroxylation sites is 1. The van der Waals surface area contributed by atoms with Crippen molar-refractivity contribution < 1.29 is 44.0 Å². The number of aliphatic hydroxyl groups is 3. The number of carbonyl (C=O) groups is 4. The number of hydrogen-bond donors (Lipinski definition) is 8. The zero-order valence-corrected chi connectivity index (χ0v) is 20.8. The summed E-state index contributed by atoms with van der Waals surface area (Å²) in [4.78, 5) is 51.0. The molecular weight excluding hydrogens is 527 g/mol. The summed E-state index contributed by atoms with van der Waals surface area (Å²) in [5, 5.41) is 48.9. The molecule has 4 atom stereocenters. The molecule has 10 N–H and O–H groups in total. The summed E-state index contributed by atoms with van der Waals surface area (Å²) >= 11 is 0. The molecule has 2 amide bonds. The van der Waals surface area contributed by atoms with E-state index in [2.05, 4.69) is 10.6 Å². The third-order valence-electron chi connectivity index (χ3n) is 7.70. The van der Waals surface area contributed by atoms with Gasteiger partial charge in [0.2, 0.25) is 11.7 Å². The van der Waals surface area contributed by atoms with Gasteiger partial charge in [0.15, 0.2) is 17.1 Å². The van der Waals surface area contributed by atoms with Crippen molar-refractivity contribution in [2.75, 3.05) is 17.2 Å². The molecule has 13 heteroatoms. The van der Waals surface area contributed by atoms with Gasteiger partial charge in [-0.2, -0.15) is 0 Å². The predicted octanol–water partition coefficient (Wildman–Crippen LogP) is 0.707. The summed E-state index contributed by atoms with van der Waals surface area (Å²) in [6.07, 6.45) is -0.502. The number of Topliss-reactive ketones (excluding diaryl/α,β-unsaturated/α-hetero) is 2. The first-order chi connectivity index (χ1) is 18.9. The number of hydrogen-bond acceptors (Lipinski definition) is 10. The fraction of sp³-hybridized carbons (Fsp3) is 0.259. The number of fused-ring (bicyclic) bond motifs is 3. The highest BCUT2D eigenvalue weighted by atomic mass is 19.1. The van der Waals surface area contributed by atoms with Crippen LogP contribution in [0.15, 0.2) is 59.1 Å². The number of primary amides is 1. The molecular formula is C27H25FN4O8. The maximum absolute atomic E-state index is 15.3. The standard InChI is InChI=1S/C27H25FN4O8/c28-14-8-15(32-16(33)9-31-11-4-2-1-3-5-11)21(34)18-12(14)6-10-7-13-20(29)23(36)19(26(30)39)25(38)27(13,40)24(37)17(10)22(18)35/h1-5,8,10,13,20,31,34,36-37,40H,6-7,9,29H2,(H2,30,39)(H,32,33)/t10-,13-,20-,27-/m0/s1. The van der Waals surface area contributed by atoms with E-state index >= 15 is 4.39 Å². The first-order valence-electron chi connectivity index (χ1n) is 12.2. The van der Waals surface area contributed by atoms with Gasteiger partial charge in [-0.15, -0.1) is 0 Å². The van der Waals surface area contributed by atoms with Crippen molar-refractivity contribution in [3.63, 3.8) is 0 Å². The quantitative estimate of drug-likeness (QED) is 0.191. The normalized spacial score (nSPS) is 25.6. The number of anilines is 2. The summed E-state index contributed by atoms with van der Waals surface area (Å²) in [6.45, 7) is -0.247. The van der Waals surface area contributed by atoms with Gasteiger partial charge in [0.25, 0.3) is 5.91 Å². The average molecular weight is 553 g/mol. The molecule has 2 aromatic carbocycles. The smallest absolute Gasteiger partial charge is 0.255 e. The zero-order chi connectivity index (χ0) is 29.1. The van der Waals surface area contributed by atoms with Crippen LogP contribution in [0.5, 0.6) is 5.75 Å². The molecule has 0 fully saturated rings. The van der Waals surface area contributed by atoms with E-state index in [0.717, 1.165) is 6.07 Å². The Morgan fingerprint density at radius 3 is 2.45 bits per heavy atom. The van der Waals surface area contributed by atoms with Crippen LogP contribution in [0.1, 0.15) is 22.3 Å². The molecule has 40 heavy (non-hydrogen) atoms. The molecule has 12 nitrogen and oxygen atoms in total. The molecule has 3 aliphatic carbocycles. The number of phenolic OH excluding ortho intramolecular Hbond substituents is 1. The Morgan fingerprint density at radius 2 is 1.80 bits per heavy atom. The van der Waals surface area contributed by atoms with Gasteiger partial charge in [0, 0.05) is 28.8 Å². The lowest BCUT2D eigenvalue weighted by Gasteiger charge is -2.47. The van der Waals surface area contributed by atoms with E-state index in [-0.39, 0.29) is 24.9 Å². The van der Waals surface area contributed by atoms with Crippen molar-refractivity contribution in [2.45, 2.75) is 24.5 Å². The van der Waals surface area contributed by atoms with Crippen molar-refractivity contribution in [3.8, 4) is 5.75 Å². The monoisotopic (exact) mass is 552 g/mol. The van der Waals surface area contributed by atoms with Crippen LogP contribution in [0.2, 0.25) is 0 Å². The number of amides is 2. The van der Waals surface area contributed by atoms with Crippen LogP contribution in [-0.4, -0.2) is 62.0 Å². The molecule has 3 aliphatic rings. The Morgan fingerprint density at radius 1 is 1.12 bits per heavy atom. The van der Waals surface area contributed by atoms with E-state index in [0.29, 0.717) is 5.69 Å². The Hall–Kier alpha value is -4.75. The first kappa shape index (κ1) is 26.8. The molecule has 208 valence electrons. The Kier molecular flexibility index (Phi) is 6.35. The number of nitrogens with two attached hydrogens (primary N) is 2. The van der Waals surface area contributed by atoms with Crippen LogP contribution in [0.4, 0.5) is 15.8 Å². The number of nitrogens with one attached hydrogen (secondary N) is 2. The van der Waals surface area contributed by atoms with E-state index in [1.54, 1.807) is 30.3 Å². The van der Waals surface area contributed by atoms with E-state index in [1.807, 2.05) is 0 Å². The number of aromatic hydroxyl groups is 1. The second-order valence-electron chi connectivity index (χ2n) is 9.96. The van der Waals surface area contributed by atoms with Crippen molar-refractivity contribution in [2.24, 2.45) is 23.3 Å². The van der Waals surface area contributed by atoms with Gasteiger partial charge in [-0.1, -0.05) is 18.2 Å². The number of benzene rings is 2. The molecule has 0 aromatic heterocycles. The van der Waals surface area contributed by atoms with Crippen molar-refractivity contribution >= 4 is 34.8 Å². The van der Waals surface area contributed by atoms with Gasteiger partial charge in [-0.3, -0.25) is 19.2 Å². The highest BCUT2D eigenvalue weighted by Gasteiger charge is 2.62. The molecule has 0 bridgehead atoms. The fourth-order valence-electron chi connectivity index (χ4n) is 5.76. The topological polar surface area (TPSA) is 225 Å². The SMILES string of the molecule is NC(=O)C1=C(O)[C@@H](N)[C@@H]2C[C@@H]3Cc4c(F)cc(NC(=O)CNc5ccccc5)c(O)c4C(=O)C3=C(O)[C@]2(O)C1=O. The summed E-state index contributed by atoms with van der Waals surface area (Å²) in [7, 11) is 0. The molecule has 5 rings (SSSR count). The van der Waals surface area contributed by atoms with Gasteiger partial charge in [-0.25, -0.2) is 4.39 Å². The largest absolute Gasteiger partial charge is 0.510 e. The molecule has 0 saturated heterocycles. The van der Waals surface area contributed by atoms with E-state index < -0.39 is 92.3 Å². The van der Waals surface area contributed by atoms with Gasteiger partial charge < -0.3 is 42.5 Å². The third kappa shape index (κ3) is 3.89. The first-order valence-corrected chi connectivity index (χ1v) is 12.2. The zero-order valence-electron chi connectivity index (χ0n) is 20.8. The predicted molar refractivity (Wildman–Crippen MR) is 138 cm³/mol. The van der Waals surface area contributed by atoms with Crippen LogP contribution in [0.3, 0.4) is 0 Å². The maximum Gasteiger partial charge on any atom is 0.255 e. The molecule has 0 spiro atoms. The fourth-order valence-corrected chi connectivity index (χ4v) is 5.76. The van der Waals surface area contributed by atoms with E-state index in [4.69, 9.17) is 11.5 Å². The molecule has 0 saturated carbocycles. The van der Waals surface area contributed by atoms with Crippen LogP contribution in [-0.2, 0) is 20.8 Å². The highest BCUT2D eigenvalue weighted by molar-refractivity contribution is 6.25. The minimum atomic E-state index is -2.88. The van der Waals surface area contributed by atoms with Crippen molar-refractivity contribution in [3.05, 3.63) is 76.0 Å². The minimum Gasteiger partial charge on any atom is -0.510 e. The molecule has 0 heterocycles. The number of rotatable bonds is 5. The van der Waals surface area contributed by atoms with Crippen LogP contribution < -0.4 is 22.1 Å². The van der Waals surface area contributed by atoms with Gasteiger partial charge in [0.1, 0.15) is 22.9 Å². The summed E-state index contributed by atoms with van der Waals surface area (Å²) in [5.74, 6) is -10.6.